The molecule has 0 N–H and O–H groups in total. The van der Waals surface area contributed by atoms with Crippen molar-refractivity contribution in [3.05, 3.63) is 74.2 Å². The summed E-state index contributed by atoms with van der Waals surface area (Å²) in [6, 6.07) is 9.87. The Morgan fingerprint density at radius 2 is 1.63 bits per heavy atom. The second kappa shape index (κ2) is 3.88. The van der Waals surface area contributed by atoms with Crippen LogP contribution in [0.4, 0.5) is 11.4 Å². The van der Waals surface area contributed by atoms with Crippen molar-refractivity contribution in [2.24, 2.45) is 0 Å². The highest BCUT2D eigenvalue weighted by Crippen LogP contribution is 2.45. The molecule has 0 unspecified atom stereocenters. The molecule has 0 spiro atoms. The predicted octanol–water partition coefficient (Wildman–Crippen LogP) is 2.96. The molecule has 2 aromatic carbocycles. The van der Waals surface area contributed by atoms with E-state index in [2.05, 4.69) is 6.42 Å². The van der Waals surface area contributed by atoms with Gasteiger partial charge in [0.25, 0.3) is 0 Å². The zero-order valence-electron chi connectivity index (χ0n) is 9.49. The highest BCUT2D eigenvalue weighted by atomic mass is 16.6. The Hall–Kier alpha value is -2.76. The molecule has 92 valence electrons. The molecule has 3 rings (SSSR count). The quantitative estimate of drug-likeness (QED) is 0.519. The molecule has 0 saturated heterocycles. The van der Waals surface area contributed by atoms with E-state index >= 15 is 0 Å². The fraction of sp³-hybridized carbons (Fsp3) is 0. The van der Waals surface area contributed by atoms with Crippen LogP contribution in [0.25, 0.3) is 11.1 Å². The van der Waals surface area contributed by atoms with Crippen molar-refractivity contribution in [1.29, 1.82) is 0 Å². The summed E-state index contributed by atoms with van der Waals surface area (Å²) < 4.78 is 0. The first-order valence-electron chi connectivity index (χ1n) is 5.42. The third kappa shape index (κ3) is 1.57. The highest BCUT2D eigenvalue weighted by molar-refractivity contribution is 5.87. The number of fused-ring (bicyclic) bond motifs is 3. The van der Waals surface area contributed by atoms with E-state index in [1.807, 2.05) is 12.1 Å². The van der Waals surface area contributed by atoms with Gasteiger partial charge in [0.1, 0.15) is 0 Å². The van der Waals surface area contributed by atoms with Gasteiger partial charge in [-0.2, -0.15) is 0 Å². The van der Waals surface area contributed by atoms with E-state index in [0.717, 1.165) is 5.56 Å². The van der Waals surface area contributed by atoms with Gasteiger partial charge in [0.2, 0.25) is 0 Å². The molecule has 1 aliphatic rings. The maximum absolute atomic E-state index is 11.1. The van der Waals surface area contributed by atoms with E-state index in [1.165, 1.54) is 12.1 Å². The van der Waals surface area contributed by atoms with Crippen LogP contribution in [0.3, 0.4) is 0 Å². The van der Waals surface area contributed by atoms with Crippen LogP contribution in [0.1, 0.15) is 11.1 Å². The van der Waals surface area contributed by atoms with Gasteiger partial charge in [0, 0.05) is 6.07 Å². The first-order valence-corrected chi connectivity index (χ1v) is 5.42. The van der Waals surface area contributed by atoms with E-state index < -0.39 is 21.2 Å². The Bertz CT molecular complexity index is 725. The number of nitro groups is 2. The summed E-state index contributed by atoms with van der Waals surface area (Å²) in [6.07, 6.45) is 2.88. The van der Waals surface area contributed by atoms with Crippen LogP contribution >= 0.6 is 0 Å². The Morgan fingerprint density at radius 3 is 2.32 bits per heavy atom. The molecular weight excluding hydrogens is 248 g/mol. The van der Waals surface area contributed by atoms with E-state index in [9.17, 15) is 20.2 Å². The highest BCUT2D eigenvalue weighted by Gasteiger charge is 2.34. The van der Waals surface area contributed by atoms with Crippen LogP contribution in [0.5, 0.6) is 0 Å². The number of rotatable bonds is 2. The molecule has 0 atom stereocenters. The Balaban J connectivity index is 2.31. The Morgan fingerprint density at radius 1 is 0.895 bits per heavy atom. The lowest BCUT2D eigenvalue weighted by molar-refractivity contribution is -0.422. The van der Waals surface area contributed by atoms with E-state index in [1.54, 1.807) is 12.1 Å². The average molecular weight is 254 g/mol. The normalized spacial score (nSPS) is 11.8. The minimum Gasteiger partial charge on any atom is -0.258 e. The first kappa shape index (κ1) is 11.3. The van der Waals surface area contributed by atoms with Crippen LogP contribution in [0.2, 0.25) is 0 Å². The van der Waals surface area contributed by atoms with Gasteiger partial charge in [0.05, 0.1) is 21.8 Å². The predicted molar refractivity (Wildman–Crippen MR) is 66.6 cm³/mol. The summed E-state index contributed by atoms with van der Waals surface area (Å²) >= 11 is 0. The van der Waals surface area contributed by atoms with Gasteiger partial charge in [-0.05, 0) is 22.8 Å². The van der Waals surface area contributed by atoms with Crippen molar-refractivity contribution in [2.75, 3.05) is 0 Å². The minimum atomic E-state index is -0.747. The van der Waals surface area contributed by atoms with Gasteiger partial charge >= 0.3 is 11.4 Å². The fourth-order valence-electron chi connectivity index (χ4n) is 2.22. The van der Waals surface area contributed by atoms with Gasteiger partial charge in [-0.25, -0.2) is 0 Å². The second-order valence-corrected chi connectivity index (χ2v) is 4.04. The molecule has 2 aromatic rings. The molecular formula is C13H6N2O4. The summed E-state index contributed by atoms with van der Waals surface area (Å²) in [6.45, 7) is 0. The van der Waals surface area contributed by atoms with Crippen molar-refractivity contribution < 1.29 is 9.85 Å². The summed E-state index contributed by atoms with van der Waals surface area (Å²) in [5.41, 5.74) is 1.28. The topological polar surface area (TPSA) is 86.3 Å². The molecule has 6 nitrogen and oxygen atoms in total. The molecule has 0 fully saturated rings. The molecule has 19 heavy (non-hydrogen) atoms. The standard InChI is InChI=1S/C13H6N2O4/c16-14(17)12-6-5-10-9-4-2-1-3-8(9)7-11(10)13(12)15(18)19/h1-6H. The van der Waals surface area contributed by atoms with Gasteiger partial charge in [-0.3, -0.25) is 20.2 Å². The van der Waals surface area contributed by atoms with Crippen molar-refractivity contribution in [1.82, 2.24) is 0 Å². The van der Waals surface area contributed by atoms with Gasteiger partial charge in [-0.15, -0.1) is 0 Å². The smallest absolute Gasteiger partial charge is 0.258 e. The lowest BCUT2D eigenvalue weighted by atomic mass is 10.0. The molecule has 0 aliphatic heterocycles. The van der Waals surface area contributed by atoms with Crippen molar-refractivity contribution in [3.63, 3.8) is 0 Å². The van der Waals surface area contributed by atoms with Crippen molar-refractivity contribution >= 4 is 11.4 Å². The SMILES string of the molecule is O=[N+]([O-])c1ccc2c(c1[N+](=O)[O-])[C]c1ccccc1-2. The summed E-state index contributed by atoms with van der Waals surface area (Å²) in [5, 5.41) is 22.0. The van der Waals surface area contributed by atoms with E-state index in [-0.39, 0.29) is 5.56 Å². The molecule has 0 amide bonds. The molecule has 2 radical (unpaired) electrons. The molecule has 0 aromatic heterocycles. The van der Waals surface area contributed by atoms with Crippen LogP contribution in [-0.4, -0.2) is 9.85 Å². The zero-order chi connectivity index (χ0) is 13.6. The van der Waals surface area contributed by atoms with Gasteiger partial charge in [-0.1, -0.05) is 24.3 Å². The van der Waals surface area contributed by atoms with E-state index in [4.69, 9.17) is 0 Å². The number of nitro benzene ring substituents is 2. The van der Waals surface area contributed by atoms with E-state index in [0.29, 0.717) is 11.1 Å². The van der Waals surface area contributed by atoms with Gasteiger partial charge in [0.15, 0.2) is 0 Å². The third-order valence-electron chi connectivity index (χ3n) is 3.01. The Kier molecular flexibility index (Phi) is 2.31. The second-order valence-electron chi connectivity index (χ2n) is 4.04. The monoisotopic (exact) mass is 254 g/mol. The number of hydrogen-bond donors (Lipinski definition) is 0. The molecule has 6 heteroatoms. The lowest BCUT2D eigenvalue weighted by Crippen LogP contribution is -1.99. The Labute approximate surface area is 107 Å². The molecule has 0 saturated carbocycles. The van der Waals surface area contributed by atoms with Crippen LogP contribution in [0, 0.1) is 26.6 Å². The molecule has 0 heterocycles. The third-order valence-corrected chi connectivity index (χ3v) is 3.01. The fourth-order valence-corrected chi connectivity index (χ4v) is 2.22. The molecule has 0 bridgehead atoms. The van der Waals surface area contributed by atoms with Crippen molar-refractivity contribution in [2.45, 2.75) is 0 Å². The maximum Gasteiger partial charge on any atom is 0.350 e. The summed E-state index contributed by atoms with van der Waals surface area (Å²) in [7, 11) is 0. The summed E-state index contributed by atoms with van der Waals surface area (Å²) in [5.74, 6) is 0. The zero-order valence-corrected chi connectivity index (χ0v) is 9.49. The first-order chi connectivity index (χ1) is 9.09. The van der Waals surface area contributed by atoms with Gasteiger partial charge < -0.3 is 0 Å². The lowest BCUT2D eigenvalue weighted by Gasteiger charge is -2.01. The minimum absolute atomic E-state index is 0.181. The maximum atomic E-state index is 11.1. The molecule has 1 aliphatic carbocycles. The number of benzene rings is 2. The number of nitrogens with zero attached hydrogens (tertiary/aromatic N) is 2. The summed E-state index contributed by atoms with van der Waals surface area (Å²) in [4.78, 5) is 20.5. The van der Waals surface area contributed by atoms with Crippen molar-refractivity contribution in [3.8, 4) is 11.1 Å². The van der Waals surface area contributed by atoms with Crippen LogP contribution < -0.4 is 0 Å². The van der Waals surface area contributed by atoms with Crippen LogP contribution in [0.15, 0.2) is 36.4 Å². The van der Waals surface area contributed by atoms with Crippen LogP contribution in [-0.2, 0) is 0 Å². The average Bonchev–Trinajstić information content (AvgIpc) is 2.75. The largest absolute Gasteiger partial charge is 0.350 e. The number of hydrogen-bond acceptors (Lipinski definition) is 4.